The molecule has 0 unspecified atom stereocenters. The molecule has 1 fully saturated rings. The number of aryl methyl sites for hydroxylation is 1. The van der Waals surface area contributed by atoms with E-state index in [1.54, 1.807) is 11.0 Å². The first-order chi connectivity index (χ1) is 16.0. The molecule has 2 heterocycles. The number of hydrogen-bond acceptors (Lipinski definition) is 4. The van der Waals surface area contributed by atoms with E-state index in [9.17, 15) is 9.18 Å². The van der Waals surface area contributed by atoms with Crippen molar-refractivity contribution in [3.8, 4) is 0 Å². The van der Waals surface area contributed by atoms with E-state index in [1.807, 2.05) is 55.5 Å². The van der Waals surface area contributed by atoms with Crippen LogP contribution in [0.1, 0.15) is 11.1 Å². The molecule has 0 spiro atoms. The van der Waals surface area contributed by atoms with Gasteiger partial charge in [-0.05, 0) is 55.0 Å². The molecule has 7 heteroatoms. The van der Waals surface area contributed by atoms with Crippen molar-refractivity contribution in [2.24, 2.45) is 4.99 Å². The van der Waals surface area contributed by atoms with Crippen molar-refractivity contribution < 1.29 is 9.18 Å². The van der Waals surface area contributed by atoms with Gasteiger partial charge in [-0.15, -0.1) is 0 Å². The van der Waals surface area contributed by atoms with Gasteiger partial charge in [0.05, 0.1) is 18.0 Å². The van der Waals surface area contributed by atoms with Crippen molar-refractivity contribution in [2.75, 3.05) is 42.6 Å². The Morgan fingerprint density at radius 3 is 2.42 bits per heavy atom. The number of anilines is 2. The molecule has 0 atom stereocenters. The molecular formula is C26H24ClFN4O. The second-order valence-corrected chi connectivity index (χ2v) is 8.77. The molecule has 0 N–H and O–H groups in total. The number of amides is 1. The van der Waals surface area contributed by atoms with Gasteiger partial charge in [-0.1, -0.05) is 35.9 Å². The molecule has 168 valence electrons. The van der Waals surface area contributed by atoms with Crippen LogP contribution in [0.5, 0.6) is 0 Å². The zero-order valence-corrected chi connectivity index (χ0v) is 19.1. The van der Waals surface area contributed by atoms with E-state index in [1.165, 1.54) is 12.1 Å². The fraction of sp³-hybridized carbons (Fsp3) is 0.231. The van der Waals surface area contributed by atoms with Gasteiger partial charge in [0.2, 0.25) is 0 Å². The molecule has 3 aromatic carbocycles. The number of nitrogens with zero attached hydrogens (tertiary/aromatic N) is 4. The summed E-state index contributed by atoms with van der Waals surface area (Å²) in [5.74, 6) is -0.331. The van der Waals surface area contributed by atoms with E-state index in [0.29, 0.717) is 23.1 Å². The first kappa shape index (κ1) is 21.6. The van der Waals surface area contributed by atoms with Crippen molar-refractivity contribution in [3.05, 3.63) is 88.7 Å². The van der Waals surface area contributed by atoms with Crippen LogP contribution in [-0.4, -0.2) is 49.4 Å². The van der Waals surface area contributed by atoms with Crippen LogP contribution in [0, 0.1) is 12.7 Å². The van der Waals surface area contributed by atoms with E-state index >= 15 is 0 Å². The lowest BCUT2D eigenvalue weighted by molar-refractivity contribution is -0.112. The molecular weight excluding hydrogens is 439 g/mol. The van der Waals surface area contributed by atoms with E-state index in [0.717, 1.165) is 48.7 Å². The highest BCUT2D eigenvalue weighted by Crippen LogP contribution is 2.32. The van der Waals surface area contributed by atoms with Crippen LogP contribution in [0.15, 0.2) is 71.7 Å². The Morgan fingerprint density at radius 2 is 1.70 bits per heavy atom. The highest BCUT2D eigenvalue weighted by molar-refractivity contribution is 6.54. The van der Waals surface area contributed by atoms with Gasteiger partial charge >= 0.3 is 0 Å². The van der Waals surface area contributed by atoms with E-state index in [-0.39, 0.29) is 11.7 Å². The van der Waals surface area contributed by atoms with Gasteiger partial charge in [-0.3, -0.25) is 14.6 Å². The molecule has 1 amide bonds. The highest BCUT2D eigenvalue weighted by Gasteiger charge is 2.35. The number of piperazine rings is 1. The standard InChI is InChI=1S/C26H24ClFN4O/c1-18-6-9-20(16-23(18)27)29-25-22-4-2-3-5-24(22)32(26(25)33)17-30-12-14-31(15-13-30)21-10-7-19(28)8-11-21/h2-11,16H,12-15,17H2,1H3. The largest absolute Gasteiger partial charge is 0.369 e. The molecule has 0 bridgehead atoms. The minimum Gasteiger partial charge on any atom is -0.369 e. The van der Waals surface area contributed by atoms with Crippen LogP contribution in [0.25, 0.3) is 0 Å². The summed E-state index contributed by atoms with van der Waals surface area (Å²) in [5, 5.41) is 0.631. The monoisotopic (exact) mass is 462 g/mol. The summed E-state index contributed by atoms with van der Waals surface area (Å²) in [6.45, 7) is 5.69. The molecule has 1 saturated heterocycles. The zero-order chi connectivity index (χ0) is 22.9. The average Bonchev–Trinajstić information content (AvgIpc) is 3.08. The molecule has 3 aromatic rings. The fourth-order valence-electron chi connectivity index (χ4n) is 4.29. The maximum atomic E-state index is 13.4. The number of aliphatic imine (C=N–C) groups is 1. The molecule has 0 radical (unpaired) electrons. The molecule has 5 nitrogen and oxygen atoms in total. The Labute approximate surface area is 197 Å². The molecule has 5 rings (SSSR count). The van der Waals surface area contributed by atoms with Crippen LogP contribution < -0.4 is 9.80 Å². The molecule has 33 heavy (non-hydrogen) atoms. The number of benzene rings is 3. The Kier molecular flexibility index (Phi) is 5.87. The number of carbonyl (C=O) groups is 1. The Bertz CT molecular complexity index is 1220. The summed E-state index contributed by atoms with van der Waals surface area (Å²) in [7, 11) is 0. The average molecular weight is 463 g/mol. The molecule has 0 aliphatic carbocycles. The summed E-state index contributed by atoms with van der Waals surface area (Å²) >= 11 is 6.26. The first-order valence-corrected chi connectivity index (χ1v) is 11.4. The quantitative estimate of drug-likeness (QED) is 0.545. The number of fused-ring (bicyclic) bond motifs is 1. The Balaban J connectivity index is 1.33. The van der Waals surface area contributed by atoms with Gasteiger partial charge in [0, 0.05) is 42.5 Å². The smallest absolute Gasteiger partial charge is 0.278 e. The second-order valence-electron chi connectivity index (χ2n) is 8.37. The third kappa shape index (κ3) is 4.36. The van der Waals surface area contributed by atoms with Gasteiger partial charge < -0.3 is 4.90 Å². The highest BCUT2D eigenvalue weighted by atomic mass is 35.5. The van der Waals surface area contributed by atoms with Crippen LogP contribution in [0.2, 0.25) is 5.02 Å². The normalized spacial score (nSPS) is 17.7. The molecule has 2 aliphatic rings. The second kappa shape index (κ2) is 8.96. The summed E-state index contributed by atoms with van der Waals surface area (Å²) in [4.78, 5) is 24.4. The lowest BCUT2D eigenvalue weighted by Crippen LogP contribution is -2.51. The fourth-order valence-corrected chi connectivity index (χ4v) is 4.46. The Hall–Kier alpha value is -3.22. The van der Waals surface area contributed by atoms with E-state index in [2.05, 4.69) is 14.8 Å². The number of rotatable bonds is 4. The van der Waals surface area contributed by atoms with Crippen LogP contribution >= 0.6 is 11.6 Å². The van der Waals surface area contributed by atoms with Gasteiger partial charge in [-0.25, -0.2) is 9.38 Å². The van der Waals surface area contributed by atoms with Crippen molar-refractivity contribution in [2.45, 2.75) is 6.92 Å². The molecule has 2 aliphatic heterocycles. The predicted octanol–water partition coefficient (Wildman–Crippen LogP) is 5.03. The van der Waals surface area contributed by atoms with Crippen LogP contribution in [-0.2, 0) is 4.79 Å². The summed E-state index contributed by atoms with van der Waals surface area (Å²) in [5.41, 5.74) is 4.81. The SMILES string of the molecule is Cc1ccc(N=C2C(=O)N(CN3CCN(c4ccc(F)cc4)CC3)c3ccccc32)cc1Cl. The molecule has 0 saturated carbocycles. The summed E-state index contributed by atoms with van der Waals surface area (Å²) in [6.07, 6.45) is 0. The minimum atomic E-state index is -0.228. The predicted molar refractivity (Wildman–Crippen MR) is 131 cm³/mol. The topological polar surface area (TPSA) is 39.2 Å². The number of carbonyl (C=O) groups excluding carboxylic acids is 1. The van der Waals surface area contributed by atoms with Crippen LogP contribution in [0.3, 0.4) is 0 Å². The first-order valence-electron chi connectivity index (χ1n) is 11.0. The lowest BCUT2D eigenvalue weighted by atomic mass is 10.1. The van der Waals surface area contributed by atoms with Gasteiger partial charge in [0.25, 0.3) is 5.91 Å². The maximum Gasteiger partial charge on any atom is 0.278 e. The summed E-state index contributed by atoms with van der Waals surface area (Å²) < 4.78 is 13.2. The zero-order valence-electron chi connectivity index (χ0n) is 18.3. The van der Waals surface area contributed by atoms with Crippen molar-refractivity contribution >= 4 is 40.3 Å². The van der Waals surface area contributed by atoms with E-state index in [4.69, 9.17) is 11.6 Å². The van der Waals surface area contributed by atoms with Crippen LogP contribution in [0.4, 0.5) is 21.5 Å². The molecule has 0 aromatic heterocycles. The lowest BCUT2D eigenvalue weighted by Gasteiger charge is -2.37. The number of hydrogen-bond donors (Lipinski definition) is 0. The van der Waals surface area contributed by atoms with Crippen molar-refractivity contribution in [3.63, 3.8) is 0 Å². The van der Waals surface area contributed by atoms with Gasteiger partial charge in [0.1, 0.15) is 11.5 Å². The summed E-state index contributed by atoms with van der Waals surface area (Å²) in [6, 6.07) is 19.9. The van der Waals surface area contributed by atoms with E-state index < -0.39 is 0 Å². The number of para-hydroxylation sites is 1. The number of halogens is 2. The van der Waals surface area contributed by atoms with Crippen molar-refractivity contribution in [1.82, 2.24) is 4.90 Å². The third-order valence-electron chi connectivity index (χ3n) is 6.20. The third-order valence-corrected chi connectivity index (χ3v) is 6.61. The van der Waals surface area contributed by atoms with Gasteiger partial charge in [0.15, 0.2) is 0 Å². The minimum absolute atomic E-state index is 0.103. The van der Waals surface area contributed by atoms with Crippen molar-refractivity contribution in [1.29, 1.82) is 0 Å². The van der Waals surface area contributed by atoms with Gasteiger partial charge in [-0.2, -0.15) is 0 Å². The maximum absolute atomic E-state index is 13.4. The Morgan fingerprint density at radius 1 is 0.970 bits per heavy atom.